The van der Waals surface area contributed by atoms with E-state index in [1.165, 1.54) is 0 Å². The molecule has 1 atom stereocenters. The molecule has 2 N–H and O–H groups in total. The van der Waals surface area contributed by atoms with Crippen LogP contribution in [0.3, 0.4) is 0 Å². The number of rotatable bonds is 11. The van der Waals surface area contributed by atoms with Crippen molar-refractivity contribution in [3.8, 4) is 5.75 Å². The highest BCUT2D eigenvalue weighted by Crippen LogP contribution is 2.14. The van der Waals surface area contributed by atoms with Crippen LogP contribution in [0.25, 0.3) is 0 Å². The molecule has 2 fully saturated rings. The Morgan fingerprint density at radius 3 is 2.89 bits per heavy atom. The summed E-state index contributed by atoms with van der Waals surface area (Å²) >= 11 is 0. The van der Waals surface area contributed by atoms with Gasteiger partial charge < -0.3 is 24.8 Å². The third-order valence-electron chi connectivity index (χ3n) is 5.20. The summed E-state index contributed by atoms with van der Waals surface area (Å²) in [5.41, 5.74) is 1.15. The lowest BCUT2D eigenvalue weighted by Gasteiger charge is -2.28. The summed E-state index contributed by atoms with van der Waals surface area (Å²) in [4.78, 5) is 15.7. The molecule has 28 heavy (non-hydrogen) atoms. The predicted molar refractivity (Wildman–Crippen MR) is 107 cm³/mol. The SMILES string of the molecule is O=C1CCCN1CCCNCc1cccc(OC[C@H](O)CN2CCOCC2)c1. The number of hydrogen-bond donors (Lipinski definition) is 2. The number of aliphatic hydroxyl groups is 1. The van der Waals surface area contributed by atoms with Gasteiger partial charge in [-0.1, -0.05) is 12.1 Å². The number of likely N-dealkylation sites (tertiary alicyclic amines) is 1. The molecule has 0 radical (unpaired) electrons. The molecule has 1 amide bonds. The molecular weight excluding hydrogens is 358 g/mol. The Balaban J connectivity index is 1.31. The second kappa shape index (κ2) is 11.4. The van der Waals surface area contributed by atoms with Gasteiger partial charge in [0.1, 0.15) is 18.5 Å². The van der Waals surface area contributed by atoms with Gasteiger partial charge in [0.05, 0.1) is 13.2 Å². The molecule has 2 saturated heterocycles. The number of nitrogens with zero attached hydrogens (tertiary/aromatic N) is 2. The van der Waals surface area contributed by atoms with Gasteiger partial charge in [-0.2, -0.15) is 0 Å². The molecule has 0 aromatic heterocycles. The van der Waals surface area contributed by atoms with E-state index in [1.807, 2.05) is 23.1 Å². The lowest BCUT2D eigenvalue weighted by molar-refractivity contribution is -0.127. The highest BCUT2D eigenvalue weighted by molar-refractivity contribution is 5.77. The Kier molecular flexibility index (Phi) is 8.54. The van der Waals surface area contributed by atoms with Crippen LogP contribution in [0.5, 0.6) is 5.75 Å². The average Bonchev–Trinajstić information content (AvgIpc) is 3.12. The molecule has 0 aliphatic carbocycles. The van der Waals surface area contributed by atoms with Gasteiger partial charge >= 0.3 is 0 Å². The highest BCUT2D eigenvalue weighted by atomic mass is 16.5. The Morgan fingerprint density at radius 2 is 2.11 bits per heavy atom. The first-order valence-electron chi connectivity index (χ1n) is 10.4. The van der Waals surface area contributed by atoms with Crippen molar-refractivity contribution in [2.45, 2.75) is 31.9 Å². The molecule has 3 rings (SSSR count). The van der Waals surface area contributed by atoms with Crippen LogP contribution in [0, 0.1) is 0 Å². The molecule has 7 nitrogen and oxygen atoms in total. The van der Waals surface area contributed by atoms with Crippen molar-refractivity contribution in [2.75, 3.05) is 59.1 Å². The van der Waals surface area contributed by atoms with E-state index in [4.69, 9.17) is 9.47 Å². The van der Waals surface area contributed by atoms with E-state index in [9.17, 15) is 9.90 Å². The fourth-order valence-corrected chi connectivity index (χ4v) is 3.64. The maximum absolute atomic E-state index is 11.6. The molecule has 156 valence electrons. The lowest BCUT2D eigenvalue weighted by Crippen LogP contribution is -2.42. The highest BCUT2D eigenvalue weighted by Gasteiger charge is 2.19. The lowest BCUT2D eigenvalue weighted by atomic mass is 10.2. The normalized spacial score (nSPS) is 19.2. The molecule has 1 aromatic rings. The van der Waals surface area contributed by atoms with Gasteiger partial charge in [-0.25, -0.2) is 0 Å². The third kappa shape index (κ3) is 7.05. The molecular formula is C21H33N3O4. The minimum Gasteiger partial charge on any atom is -0.491 e. The molecule has 0 bridgehead atoms. The van der Waals surface area contributed by atoms with E-state index < -0.39 is 6.10 Å². The monoisotopic (exact) mass is 391 g/mol. The number of ether oxygens (including phenoxy) is 2. The standard InChI is InChI=1S/C21H33N3O4/c25-19(16-23-10-12-27-13-11-23)17-28-20-5-1-4-18(14-20)15-22-7-3-9-24-8-2-6-21(24)26/h1,4-5,14,19,22,25H,2-3,6-13,15-17H2/t19-/m1/s1. The van der Waals surface area contributed by atoms with Crippen LogP contribution < -0.4 is 10.1 Å². The number of amides is 1. The largest absolute Gasteiger partial charge is 0.491 e. The number of carbonyl (C=O) groups is 1. The van der Waals surface area contributed by atoms with Crippen molar-refractivity contribution in [1.82, 2.24) is 15.1 Å². The van der Waals surface area contributed by atoms with E-state index in [-0.39, 0.29) is 6.61 Å². The third-order valence-corrected chi connectivity index (χ3v) is 5.20. The van der Waals surface area contributed by atoms with Crippen molar-refractivity contribution < 1.29 is 19.4 Å². The summed E-state index contributed by atoms with van der Waals surface area (Å²) in [6, 6.07) is 7.97. The summed E-state index contributed by atoms with van der Waals surface area (Å²) in [6.07, 6.45) is 2.17. The van der Waals surface area contributed by atoms with Crippen LogP contribution in [0.15, 0.2) is 24.3 Å². The number of benzene rings is 1. The van der Waals surface area contributed by atoms with Gasteiger partial charge in [-0.05, 0) is 37.1 Å². The van der Waals surface area contributed by atoms with E-state index in [0.717, 1.165) is 76.6 Å². The van der Waals surface area contributed by atoms with E-state index in [1.54, 1.807) is 0 Å². The average molecular weight is 392 g/mol. The number of nitrogens with one attached hydrogen (secondary N) is 1. The smallest absolute Gasteiger partial charge is 0.222 e. The number of β-amino-alcohol motifs (C(OH)–C–C–N with tert-alkyl or cyclic N) is 1. The Labute approximate surface area is 167 Å². The van der Waals surface area contributed by atoms with Crippen molar-refractivity contribution in [2.24, 2.45) is 0 Å². The van der Waals surface area contributed by atoms with E-state index in [2.05, 4.69) is 16.3 Å². The molecule has 2 aliphatic rings. The molecule has 7 heteroatoms. The van der Waals surface area contributed by atoms with Crippen LogP contribution >= 0.6 is 0 Å². The zero-order chi connectivity index (χ0) is 19.6. The van der Waals surface area contributed by atoms with E-state index >= 15 is 0 Å². The molecule has 2 heterocycles. The molecule has 0 unspecified atom stereocenters. The molecule has 1 aromatic carbocycles. The first-order valence-corrected chi connectivity index (χ1v) is 10.4. The number of morpholine rings is 1. The Bertz CT molecular complexity index is 607. The minimum atomic E-state index is -0.506. The maximum atomic E-state index is 11.6. The van der Waals surface area contributed by atoms with Crippen molar-refractivity contribution in [3.63, 3.8) is 0 Å². The fourth-order valence-electron chi connectivity index (χ4n) is 3.64. The van der Waals surface area contributed by atoms with Crippen LogP contribution in [0.2, 0.25) is 0 Å². The predicted octanol–water partition coefficient (Wildman–Crippen LogP) is 0.861. The van der Waals surface area contributed by atoms with Crippen LogP contribution in [-0.4, -0.2) is 86.0 Å². The minimum absolute atomic E-state index is 0.290. The summed E-state index contributed by atoms with van der Waals surface area (Å²) in [5.74, 6) is 1.07. The number of aliphatic hydroxyl groups excluding tert-OH is 1. The van der Waals surface area contributed by atoms with Gasteiger partial charge in [0.2, 0.25) is 5.91 Å². The van der Waals surface area contributed by atoms with Crippen molar-refractivity contribution in [3.05, 3.63) is 29.8 Å². The van der Waals surface area contributed by atoms with Gasteiger partial charge in [0, 0.05) is 45.7 Å². The van der Waals surface area contributed by atoms with Crippen LogP contribution in [0.1, 0.15) is 24.8 Å². The fraction of sp³-hybridized carbons (Fsp3) is 0.667. The number of carbonyl (C=O) groups excluding carboxylic acids is 1. The van der Waals surface area contributed by atoms with Gasteiger partial charge in [0.25, 0.3) is 0 Å². The topological polar surface area (TPSA) is 74.3 Å². The number of hydrogen-bond acceptors (Lipinski definition) is 6. The van der Waals surface area contributed by atoms with Gasteiger partial charge in [-0.15, -0.1) is 0 Å². The molecule has 2 aliphatic heterocycles. The Morgan fingerprint density at radius 1 is 1.25 bits per heavy atom. The van der Waals surface area contributed by atoms with Crippen molar-refractivity contribution >= 4 is 5.91 Å². The van der Waals surface area contributed by atoms with Gasteiger partial charge in [0.15, 0.2) is 0 Å². The second-order valence-electron chi connectivity index (χ2n) is 7.54. The van der Waals surface area contributed by atoms with Gasteiger partial charge in [-0.3, -0.25) is 9.69 Å². The maximum Gasteiger partial charge on any atom is 0.222 e. The zero-order valence-electron chi connectivity index (χ0n) is 16.6. The first kappa shape index (κ1) is 21.0. The first-order chi connectivity index (χ1) is 13.7. The molecule has 0 saturated carbocycles. The summed E-state index contributed by atoms with van der Waals surface area (Å²) in [6.45, 7) is 7.50. The van der Waals surface area contributed by atoms with Crippen molar-refractivity contribution in [1.29, 1.82) is 0 Å². The van der Waals surface area contributed by atoms with E-state index in [0.29, 0.717) is 18.9 Å². The summed E-state index contributed by atoms with van der Waals surface area (Å²) in [7, 11) is 0. The summed E-state index contributed by atoms with van der Waals surface area (Å²) in [5, 5.41) is 13.6. The molecule has 0 spiro atoms. The zero-order valence-corrected chi connectivity index (χ0v) is 16.6. The quantitative estimate of drug-likeness (QED) is 0.545. The van der Waals surface area contributed by atoms with Crippen LogP contribution in [0.4, 0.5) is 0 Å². The summed E-state index contributed by atoms with van der Waals surface area (Å²) < 4.78 is 11.1. The van der Waals surface area contributed by atoms with Crippen LogP contribution in [-0.2, 0) is 16.1 Å². The second-order valence-corrected chi connectivity index (χ2v) is 7.54. The Hall–Kier alpha value is -1.67.